The van der Waals surface area contributed by atoms with E-state index in [0.29, 0.717) is 12.0 Å². The molecule has 0 bridgehead atoms. The molecule has 2 heteroatoms. The zero-order chi connectivity index (χ0) is 12.3. The summed E-state index contributed by atoms with van der Waals surface area (Å²) in [6.07, 6.45) is 8.52. The van der Waals surface area contributed by atoms with E-state index < -0.39 is 0 Å². The summed E-state index contributed by atoms with van der Waals surface area (Å²) in [6, 6.07) is 0. The predicted molar refractivity (Wildman–Crippen MR) is 69.9 cm³/mol. The second-order valence-corrected chi connectivity index (χ2v) is 6.46. The van der Waals surface area contributed by atoms with Crippen molar-refractivity contribution in [1.82, 2.24) is 0 Å². The van der Waals surface area contributed by atoms with Gasteiger partial charge in [-0.15, -0.1) is 0 Å². The largest absolute Gasteiger partial charge is 0.393 e. The molecule has 0 amide bonds. The first kappa shape index (κ1) is 13.4. The van der Waals surface area contributed by atoms with Crippen LogP contribution in [0.3, 0.4) is 0 Å². The lowest BCUT2D eigenvalue weighted by molar-refractivity contribution is 0.0308. The molecule has 0 spiro atoms. The van der Waals surface area contributed by atoms with Crippen molar-refractivity contribution in [3.05, 3.63) is 0 Å². The molecule has 100 valence electrons. The fraction of sp³-hybridized carbons (Fsp3) is 1.00. The fourth-order valence-electron chi connectivity index (χ4n) is 3.79. The minimum Gasteiger partial charge on any atom is -0.393 e. The maximum atomic E-state index is 10.3. The minimum atomic E-state index is -0.0931. The van der Waals surface area contributed by atoms with E-state index in [9.17, 15) is 5.11 Å². The molecular weight excluding hydrogens is 212 g/mol. The Kier molecular flexibility index (Phi) is 4.87. The molecule has 2 nitrogen and oxygen atoms in total. The number of rotatable bonds is 4. The van der Waals surface area contributed by atoms with Crippen molar-refractivity contribution >= 4 is 0 Å². The van der Waals surface area contributed by atoms with Gasteiger partial charge >= 0.3 is 0 Å². The van der Waals surface area contributed by atoms with E-state index in [4.69, 9.17) is 4.74 Å². The van der Waals surface area contributed by atoms with Gasteiger partial charge in [0.05, 0.1) is 12.2 Å². The topological polar surface area (TPSA) is 29.5 Å². The van der Waals surface area contributed by atoms with Gasteiger partial charge in [-0.3, -0.25) is 0 Å². The van der Waals surface area contributed by atoms with Crippen LogP contribution in [0.5, 0.6) is 0 Å². The van der Waals surface area contributed by atoms with Gasteiger partial charge in [0, 0.05) is 6.61 Å². The predicted octanol–water partition coefficient (Wildman–Crippen LogP) is 3.38. The average molecular weight is 240 g/mol. The Balaban J connectivity index is 1.72. The molecule has 1 saturated carbocycles. The number of hydrogen-bond donors (Lipinski definition) is 1. The van der Waals surface area contributed by atoms with Gasteiger partial charge in [0.2, 0.25) is 0 Å². The maximum absolute atomic E-state index is 10.3. The Bertz CT molecular complexity index is 213. The molecule has 1 aliphatic heterocycles. The minimum absolute atomic E-state index is 0.0931. The summed E-state index contributed by atoms with van der Waals surface area (Å²) >= 11 is 0. The van der Waals surface area contributed by atoms with E-state index in [1.165, 1.54) is 32.1 Å². The summed E-state index contributed by atoms with van der Waals surface area (Å²) < 4.78 is 5.62. The lowest BCUT2D eigenvalue weighted by Crippen LogP contribution is -2.30. The zero-order valence-electron chi connectivity index (χ0n) is 11.4. The van der Waals surface area contributed by atoms with Crippen LogP contribution in [0.25, 0.3) is 0 Å². The third-order valence-corrected chi connectivity index (χ3v) is 4.57. The van der Waals surface area contributed by atoms with E-state index >= 15 is 0 Å². The summed E-state index contributed by atoms with van der Waals surface area (Å²) in [6.45, 7) is 5.59. The highest BCUT2D eigenvalue weighted by Gasteiger charge is 2.29. The maximum Gasteiger partial charge on any atom is 0.0577 e. The van der Waals surface area contributed by atoms with Crippen molar-refractivity contribution in [1.29, 1.82) is 0 Å². The van der Waals surface area contributed by atoms with Crippen LogP contribution in [-0.4, -0.2) is 23.9 Å². The molecule has 2 rings (SSSR count). The van der Waals surface area contributed by atoms with Gasteiger partial charge in [-0.1, -0.05) is 13.8 Å². The summed E-state index contributed by atoms with van der Waals surface area (Å²) in [5, 5.41) is 10.3. The molecule has 17 heavy (non-hydrogen) atoms. The molecule has 4 unspecified atom stereocenters. The van der Waals surface area contributed by atoms with Gasteiger partial charge in [-0.05, 0) is 62.7 Å². The van der Waals surface area contributed by atoms with E-state index in [2.05, 4.69) is 13.8 Å². The van der Waals surface area contributed by atoms with Crippen LogP contribution in [0, 0.1) is 17.8 Å². The highest BCUT2D eigenvalue weighted by molar-refractivity contribution is 4.80. The van der Waals surface area contributed by atoms with Crippen LogP contribution in [0.4, 0.5) is 0 Å². The molecule has 2 aliphatic rings. The van der Waals surface area contributed by atoms with E-state index in [1.807, 2.05) is 0 Å². The monoisotopic (exact) mass is 240 g/mol. The summed E-state index contributed by atoms with van der Waals surface area (Å²) in [4.78, 5) is 0. The standard InChI is InChI=1S/C15H28O2/c1-11-8-12(2)10-13(9-11)15(16)6-5-14-4-3-7-17-14/h11-16H,3-10H2,1-2H3. The van der Waals surface area contributed by atoms with Crippen LogP contribution in [0.2, 0.25) is 0 Å². The van der Waals surface area contributed by atoms with Gasteiger partial charge in [-0.25, -0.2) is 0 Å². The summed E-state index contributed by atoms with van der Waals surface area (Å²) in [5.74, 6) is 2.12. The van der Waals surface area contributed by atoms with Gasteiger partial charge in [0.1, 0.15) is 0 Å². The molecule has 2 fully saturated rings. The van der Waals surface area contributed by atoms with Crippen molar-refractivity contribution in [2.24, 2.45) is 17.8 Å². The molecule has 0 aromatic rings. The second-order valence-electron chi connectivity index (χ2n) is 6.46. The van der Waals surface area contributed by atoms with Gasteiger partial charge < -0.3 is 9.84 Å². The van der Waals surface area contributed by atoms with Crippen molar-refractivity contribution < 1.29 is 9.84 Å². The first-order valence-corrected chi connectivity index (χ1v) is 7.44. The van der Waals surface area contributed by atoms with E-state index in [1.54, 1.807) is 0 Å². The van der Waals surface area contributed by atoms with E-state index in [0.717, 1.165) is 31.3 Å². The van der Waals surface area contributed by atoms with Crippen LogP contribution >= 0.6 is 0 Å². The number of aliphatic hydroxyl groups excluding tert-OH is 1. The van der Waals surface area contributed by atoms with Crippen molar-refractivity contribution in [2.75, 3.05) is 6.61 Å². The Morgan fingerprint density at radius 2 is 1.88 bits per heavy atom. The molecule has 1 aliphatic carbocycles. The van der Waals surface area contributed by atoms with E-state index in [-0.39, 0.29) is 6.10 Å². The van der Waals surface area contributed by atoms with Crippen molar-refractivity contribution in [3.8, 4) is 0 Å². The smallest absolute Gasteiger partial charge is 0.0577 e. The first-order chi connectivity index (χ1) is 8.15. The van der Waals surface area contributed by atoms with Crippen LogP contribution in [0.1, 0.15) is 58.8 Å². The second kappa shape index (κ2) is 6.19. The average Bonchev–Trinajstić information content (AvgIpc) is 2.77. The number of hydrogen-bond acceptors (Lipinski definition) is 2. The lowest BCUT2D eigenvalue weighted by Gasteiger charge is -2.34. The fourth-order valence-corrected chi connectivity index (χ4v) is 3.79. The molecule has 1 heterocycles. The van der Waals surface area contributed by atoms with Crippen LogP contribution in [-0.2, 0) is 4.74 Å². The Hall–Kier alpha value is -0.0800. The van der Waals surface area contributed by atoms with Gasteiger partial charge in [0.15, 0.2) is 0 Å². The molecule has 1 N–H and O–H groups in total. The number of aliphatic hydroxyl groups is 1. The SMILES string of the molecule is CC1CC(C)CC(C(O)CCC2CCCO2)C1. The van der Waals surface area contributed by atoms with Gasteiger partial charge in [0.25, 0.3) is 0 Å². The first-order valence-electron chi connectivity index (χ1n) is 7.44. The highest BCUT2D eigenvalue weighted by Crippen LogP contribution is 2.36. The highest BCUT2D eigenvalue weighted by atomic mass is 16.5. The molecule has 0 aromatic carbocycles. The molecule has 4 atom stereocenters. The zero-order valence-corrected chi connectivity index (χ0v) is 11.4. The lowest BCUT2D eigenvalue weighted by atomic mass is 9.74. The van der Waals surface area contributed by atoms with Crippen molar-refractivity contribution in [3.63, 3.8) is 0 Å². The summed E-state index contributed by atoms with van der Waals surface area (Å²) in [5.41, 5.74) is 0. The molecule has 0 aromatic heterocycles. The quantitative estimate of drug-likeness (QED) is 0.816. The normalized spacial score (nSPS) is 40.4. The van der Waals surface area contributed by atoms with Gasteiger partial charge in [-0.2, -0.15) is 0 Å². The Morgan fingerprint density at radius 1 is 1.18 bits per heavy atom. The molecule has 1 saturated heterocycles. The third-order valence-electron chi connectivity index (χ3n) is 4.57. The van der Waals surface area contributed by atoms with Crippen LogP contribution in [0.15, 0.2) is 0 Å². The summed E-state index contributed by atoms with van der Waals surface area (Å²) in [7, 11) is 0. The molecular formula is C15H28O2. The Labute approximate surface area is 106 Å². The molecule has 0 radical (unpaired) electrons. The number of ether oxygens (including phenoxy) is 1. The Morgan fingerprint density at radius 3 is 2.47 bits per heavy atom. The van der Waals surface area contributed by atoms with Crippen molar-refractivity contribution in [2.45, 2.75) is 71.0 Å². The third kappa shape index (κ3) is 3.96. The van der Waals surface area contributed by atoms with Crippen LogP contribution < -0.4 is 0 Å².